The summed E-state index contributed by atoms with van der Waals surface area (Å²) in [4.78, 5) is 0. The van der Waals surface area contributed by atoms with Crippen molar-refractivity contribution < 1.29 is 0 Å². The maximum Gasteiger partial charge on any atom is -0.00851 e. The number of rotatable bonds is 6. The highest BCUT2D eigenvalue weighted by atomic mass is 14.6. The standard InChI is InChI=1S/C30H50.C2H6/c1-7-22-16-18-30(6)25(20-22)12-14-26-27-15-13-24(29(27,5)19-17-28(26)30)11-9-10-23(8-2)21(3)4;1-2/h8,12,21-22,24,26-28H,7,9-11,13-20H2,1-6H3;1-2H3/b23-8-;. The first-order chi connectivity index (χ1) is 15.3. The third kappa shape index (κ3) is 4.68. The fraction of sp³-hybridized carbons (Fsp3) is 0.875. The van der Waals surface area contributed by atoms with Crippen LogP contribution in [-0.2, 0) is 0 Å². The summed E-state index contributed by atoms with van der Waals surface area (Å²) in [6.07, 6.45) is 22.6. The van der Waals surface area contributed by atoms with E-state index in [-0.39, 0.29) is 0 Å². The highest BCUT2D eigenvalue weighted by Crippen LogP contribution is 2.67. The number of hydrogen-bond acceptors (Lipinski definition) is 0. The summed E-state index contributed by atoms with van der Waals surface area (Å²) in [5, 5.41) is 0. The summed E-state index contributed by atoms with van der Waals surface area (Å²) in [6.45, 7) is 18.8. The Morgan fingerprint density at radius 2 is 1.81 bits per heavy atom. The molecule has 4 aliphatic rings. The lowest BCUT2D eigenvalue weighted by atomic mass is 9.47. The molecular formula is C32H56. The second-order valence-corrected chi connectivity index (χ2v) is 12.5. The normalized spacial score (nSPS) is 41.2. The lowest BCUT2D eigenvalue weighted by Crippen LogP contribution is -2.50. The van der Waals surface area contributed by atoms with E-state index >= 15 is 0 Å². The molecule has 4 rings (SSSR count). The average Bonchev–Trinajstić information content (AvgIpc) is 3.13. The minimum absolute atomic E-state index is 0.548. The summed E-state index contributed by atoms with van der Waals surface area (Å²) in [7, 11) is 0. The number of allylic oxidation sites excluding steroid dienone is 4. The van der Waals surface area contributed by atoms with Crippen molar-refractivity contribution in [1.82, 2.24) is 0 Å². The van der Waals surface area contributed by atoms with E-state index in [0.29, 0.717) is 10.8 Å². The quantitative estimate of drug-likeness (QED) is 0.360. The van der Waals surface area contributed by atoms with E-state index in [4.69, 9.17) is 0 Å². The molecule has 0 aromatic rings. The third-order valence-corrected chi connectivity index (χ3v) is 11.1. The Kier molecular flexibility index (Phi) is 8.82. The van der Waals surface area contributed by atoms with Crippen LogP contribution in [0.25, 0.3) is 0 Å². The summed E-state index contributed by atoms with van der Waals surface area (Å²) in [6, 6.07) is 0. The van der Waals surface area contributed by atoms with Gasteiger partial charge < -0.3 is 0 Å². The smallest absolute Gasteiger partial charge is 0.00851 e. The predicted molar refractivity (Wildman–Crippen MR) is 143 cm³/mol. The molecule has 0 radical (unpaired) electrons. The molecule has 7 atom stereocenters. The van der Waals surface area contributed by atoms with Gasteiger partial charge in [-0.05, 0) is 124 Å². The van der Waals surface area contributed by atoms with Gasteiger partial charge >= 0.3 is 0 Å². The van der Waals surface area contributed by atoms with Crippen LogP contribution >= 0.6 is 0 Å². The Morgan fingerprint density at radius 1 is 1.06 bits per heavy atom. The van der Waals surface area contributed by atoms with Crippen molar-refractivity contribution in [2.45, 2.75) is 132 Å². The second-order valence-electron chi connectivity index (χ2n) is 12.5. The highest BCUT2D eigenvalue weighted by Gasteiger charge is 2.58. The monoisotopic (exact) mass is 440 g/mol. The topological polar surface area (TPSA) is 0 Å². The number of fused-ring (bicyclic) bond motifs is 5. The van der Waals surface area contributed by atoms with Gasteiger partial charge in [0.15, 0.2) is 0 Å². The van der Waals surface area contributed by atoms with Gasteiger partial charge in [0.1, 0.15) is 0 Å². The van der Waals surface area contributed by atoms with Crippen molar-refractivity contribution in [3.8, 4) is 0 Å². The Bertz CT molecular complexity index is 666. The van der Waals surface area contributed by atoms with E-state index in [1.165, 1.54) is 77.0 Å². The van der Waals surface area contributed by atoms with Crippen molar-refractivity contribution in [3.63, 3.8) is 0 Å². The van der Waals surface area contributed by atoms with Crippen LogP contribution in [0.4, 0.5) is 0 Å². The van der Waals surface area contributed by atoms with Gasteiger partial charge in [-0.15, -0.1) is 0 Å². The molecule has 0 aromatic heterocycles. The van der Waals surface area contributed by atoms with Gasteiger partial charge in [-0.3, -0.25) is 0 Å². The third-order valence-electron chi connectivity index (χ3n) is 11.1. The molecule has 0 N–H and O–H groups in total. The molecule has 184 valence electrons. The van der Waals surface area contributed by atoms with Gasteiger partial charge in [-0.2, -0.15) is 0 Å². The summed E-state index contributed by atoms with van der Waals surface area (Å²) < 4.78 is 0. The first-order valence-electron chi connectivity index (χ1n) is 14.7. The molecule has 0 aliphatic heterocycles. The van der Waals surface area contributed by atoms with Crippen LogP contribution in [-0.4, -0.2) is 0 Å². The van der Waals surface area contributed by atoms with Crippen molar-refractivity contribution in [2.24, 2.45) is 46.3 Å². The van der Waals surface area contributed by atoms with Crippen molar-refractivity contribution in [1.29, 1.82) is 0 Å². The van der Waals surface area contributed by atoms with Crippen LogP contribution < -0.4 is 0 Å². The molecule has 3 saturated carbocycles. The molecule has 3 fully saturated rings. The molecule has 0 nitrogen and oxygen atoms in total. The lowest BCUT2D eigenvalue weighted by molar-refractivity contribution is -0.0455. The summed E-state index contributed by atoms with van der Waals surface area (Å²) in [5.41, 5.74) is 4.75. The molecule has 0 amide bonds. The molecule has 4 aliphatic carbocycles. The molecule has 32 heavy (non-hydrogen) atoms. The molecular weight excluding hydrogens is 384 g/mol. The summed E-state index contributed by atoms with van der Waals surface area (Å²) >= 11 is 0. The van der Waals surface area contributed by atoms with Gasteiger partial charge in [0.2, 0.25) is 0 Å². The zero-order valence-corrected chi connectivity index (χ0v) is 23.1. The maximum absolute atomic E-state index is 2.77. The molecule has 0 spiro atoms. The summed E-state index contributed by atoms with van der Waals surface area (Å²) in [5.74, 6) is 5.67. The second kappa shape index (κ2) is 10.8. The van der Waals surface area contributed by atoms with Crippen LogP contribution in [0.1, 0.15) is 132 Å². The minimum atomic E-state index is 0.548. The van der Waals surface area contributed by atoms with Gasteiger partial charge in [-0.1, -0.05) is 78.2 Å². The van der Waals surface area contributed by atoms with Gasteiger partial charge in [0.25, 0.3) is 0 Å². The molecule has 0 heteroatoms. The van der Waals surface area contributed by atoms with E-state index in [2.05, 4.69) is 53.7 Å². The predicted octanol–water partition coefficient (Wildman–Crippen LogP) is 10.4. The first-order valence-corrected chi connectivity index (χ1v) is 14.7. The zero-order valence-electron chi connectivity index (χ0n) is 23.1. The molecule has 7 unspecified atom stereocenters. The Hall–Kier alpha value is -0.520. The maximum atomic E-state index is 2.77. The molecule has 0 heterocycles. The van der Waals surface area contributed by atoms with Crippen LogP contribution in [0.3, 0.4) is 0 Å². The van der Waals surface area contributed by atoms with Crippen LogP contribution in [0.2, 0.25) is 0 Å². The van der Waals surface area contributed by atoms with Crippen LogP contribution in [0.5, 0.6) is 0 Å². The van der Waals surface area contributed by atoms with E-state index in [1.54, 1.807) is 5.57 Å². The van der Waals surface area contributed by atoms with Crippen LogP contribution in [0, 0.1) is 46.3 Å². The van der Waals surface area contributed by atoms with Crippen LogP contribution in [0.15, 0.2) is 23.3 Å². The van der Waals surface area contributed by atoms with E-state index in [1.807, 2.05) is 19.4 Å². The van der Waals surface area contributed by atoms with Gasteiger partial charge in [0, 0.05) is 0 Å². The molecule has 0 bridgehead atoms. The van der Waals surface area contributed by atoms with Crippen molar-refractivity contribution in [3.05, 3.63) is 23.3 Å². The molecule has 0 aromatic carbocycles. The van der Waals surface area contributed by atoms with Crippen molar-refractivity contribution in [2.75, 3.05) is 0 Å². The Morgan fingerprint density at radius 3 is 2.47 bits per heavy atom. The van der Waals surface area contributed by atoms with E-state index in [0.717, 1.165) is 35.5 Å². The number of hydrogen-bond donors (Lipinski definition) is 0. The van der Waals surface area contributed by atoms with Gasteiger partial charge in [0.05, 0.1) is 0 Å². The fourth-order valence-electron chi connectivity index (χ4n) is 8.99. The fourth-order valence-corrected chi connectivity index (χ4v) is 8.99. The average molecular weight is 441 g/mol. The van der Waals surface area contributed by atoms with Gasteiger partial charge in [-0.25, -0.2) is 0 Å². The lowest BCUT2D eigenvalue weighted by Gasteiger charge is -2.58. The Balaban J connectivity index is 0.00000141. The first kappa shape index (κ1) is 26.1. The largest absolute Gasteiger partial charge is 0.0882 e. The Labute approximate surface area is 202 Å². The minimum Gasteiger partial charge on any atom is -0.0882 e. The zero-order chi connectivity index (χ0) is 23.5. The van der Waals surface area contributed by atoms with E-state index < -0.39 is 0 Å². The highest BCUT2D eigenvalue weighted by molar-refractivity contribution is 5.25. The SMILES string of the molecule is C/C=C(/CCCC1CCC2C3CC=C4CC(CC)CCC4(C)C3CCC12C)C(C)C.CC. The molecule has 0 saturated heterocycles. The van der Waals surface area contributed by atoms with E-state index in [9.17, 15) is 0 Å². The van der Waals surface area contributed by atoms with Crippen molar-refractivity contribution >= 4 is 0 Å².